The maximum atomic E-state index is 12.6. The second-order valence-electron chi connectivity index (χ2n) is 6.22. The SMILES string of the molecule is CCN1CCN(c2ccc(Cl)cc2NC(=O)c2ccc(=O)n(C)n2)CC1. The lowest BCUT2D eigenvalue weighted by Crippen LogP contribution is -2.46. The number of hydrogen-bond acceptors (Lipinski definition) is 5. The van der Waals surface area contributed by atoms with Crippen molar-refractivity contribution < 1.29 is 4.79 Å². The third kappa shape index (κ3) is 4.05. The zero-order chi connectivity index (χ0) is 18.7. The molecule has 0 bridgehead atoms. The number of anilines is 2. The van der Waals surface area contributed by atoms with Crippen molar-refractivity contribution in [2.75, 3.05) is 42.9 Å². The molecule has 1 aliphatic heterocycles. The molecule has 26 heavy (non-hydrogen) atoms. The number of aryl methyl sites for hydroxylation is 1. The van der Waals surface area contributed by atoms with Crippen molar-refractivity contribution in [1.29, 1.82) is 0 Å². The summed E-state index contributed by atoms with van der Waals surface area (Å²) in [6.07, 6.45) is 0. The number of rotatable bonds is 4. The van der Waals surface area contributed by atoms with Crippen LogP contribution in [0.1, 0.15) is 17.4 Å². The van der Waals surface area contributed by atoms with Crippen LogP contribution in [-0.2, 0) is 7.05 Å². The second-order valence-corrected chi connectivity index (χ2v) is 6.65. The number of halogens is 1. The molecule has 1 aromatic heterocycles. The van der Waals surface area contributed by atoms with Crippen LogP contribution in [0.5, 0.6) is 0 Å². The number of carbonyl (C=O) groups excluding carboxylic acids is 1. The molecule has 1 aromatic carbocycles. The summed E-state index contributed by atoms with van der Waals surface area (Å²) in [5.41, 5.74) is 1.49. The standard InChI is InChI=1S/C18H22ClN5O2/c1-3-23-8-10-24(11-9-23)16-6-4-13(19)12-15(16)20-18(26)14-5-7-17(25)22(2)21-14/h4-7,12H,3,8-11H2,1-2H3,(H,20,26). The van der Waals surface area contributed by atoms with Crippen LogP contribution in [0, 0.1) is 0 Å². The molecule has 0 atom stereocenters. The summed E-state index contributed by atoms with van der Waals surface area (Å²) in [6.45, 7) is 6.93. The summed E-state index contributed by atoms with van der Waals surface area (Å²) >= 11 is 6.14. The first kappa shape index (κ1) is 18.4. The Hall–Kier alpha value is -2.38. The molecular weight excluding hydrogens is 354 g/mol. The molecule has 0 aliphatic carbocycles. The first-order chi connectivity index (χ1) is 12.5. The minimum atomic E-state index is -0.378. The lowest BCUT2D eigenvalue weighted by Gasteiger charge is -2.36. The van der Waals surface area contributed by atoms with Crippen molar-refractivity contribution in [3.8, 4) is 0 Å². The van der Waals surface area contributed by atoms with Gasteiger partial charge in [-0.15, -0.1) is 0 Å². The van der Waals surface area contributed by atoms with Crippen LogP contribution in [-0.4, -0.2) is 53.3 Å². The van der Waals surface area contributed by atoms with E-state index in [1.165, 1.54) is 19.2 Å². The molecule has 0 spiro atoms. The van der Waals surface area contributed by atoms with E-state index in [1.807, 2.05) is 12.1 Å². The monoisotopic (exact) mass is 375 g/mol. The first-order valence-corrected chi connectivity index (χ1v) is 8.98. The molecule has 2 aromatic rings. The van der Waals surface area contributed by atoms with Gasteiger partial charge < -0.3 is 15.1 Å². The van der Waals surface area contributed by atoms with Crippen LogP contribution in [0.15, 0.2) is 35.1 Å². The summed E-state index contributed by atoms with van der Waals surface area (Å²) in [6, 6.07) is 8.23. The van der Waals surface area contributed by atoms with E-state index >= 15 is 0 Å². The fraction of sp³-hybridized carbons (Fsp3) is 0.389. The molecular formula is C18H22ClN5O2. The maximum Gasteiger partial charge on any atom is 0.276 e. The van der Waals surface area contributed by atoms with Crippen LogP contribution < -0.4 is 15.8 Å². The Morgan fingerprint density at radius 2 is 1.92 bits per heavy atom. The van der Waals surface area contributed by atoms with E-state index in [1.54, 1.807) is 6.07 Å². The van der Waals surface area contributed by atoms with E-state index in [2.05, 4.69) is 27.1 Å². The van der Waals surface area contributed by atoms with E-state index in [9.17, 15) is 9.59 Å². The summed E-state index contributed by atoms with van der Waals surface area (Å²) < 4.78 is 1.14. The topological polar surface area (TPSA) is 70.5 Å². The molecule has 1 N–H and O–H groups in total. The van der Waals surface area contributed by atoms with Crippen LogP contribution in [0.3, 0.4) is 0 Å². The molecule has 0 saturated carbocycles. The molecule has 1 aliphatic rings. The van der Waals surface area contributed by atoms with Crippen LogP contribution in [0.25, 0.3) is 0 Å². The molecule has 7 nitrogen and oxygen atoms in total. The van der Waals surface area contributed by atoms with Gasteiger partial charge in [-0.25, -0.2) is 4.68 Å². The highest BCUT2D eigenvalue weighted by molar-refractivity contribution is 6.31. The Bertz CT molecular complexity index is 859. The Balaban J connectivity index is 1.83. The molecule has 0 unspecified atom stereocenters. The second kappa shape index (κ2) is 7.88. The van der Waals surface area contributed by atoms with Gasteiger partial charge in [0.25, 0.3) is 11.5 Å². The van der Waals surface area contributed by atoms with Crippen molar-refractivity contribution in [3.63, 3.8) is 0 Å². The molecule has 138 valence electrons. The number of amides is 1. The number of nitrogens with zero attached hydrogens (tertiary/aromatic N) is 4. The van der Waals surface area contributed by atoms with Gasteiger partial charge in [0.2, 0.25) is 0 Å². The minimum absolute atomic E-state index is 0.175. The highest BCUT2D eigenvalue weighted by Crippen LogP contribution is 2.30. The number of hydrogen-bond donors (Lipinski definition) is 1. The molecule has 2 heterocycles. The lowest BCUT2D eigenvalue weighted by molar-refractivity contribution is 0.102. The number of nitrogens with one attached hydrogen (secondary N) is 1. The molecule has 3 rings (SSSR count). The van der Waals surface area contributed by atoms with E-state index in [4.69, 9.17) is 11.6 Å². The van der Waals surface area contributed by atoms with E-state index in [0.717, 1.165) is 43.1 Å². The summed E-state index contributed by atoms with van der Waals surface area (Å²) in [5, 5.41) is 7.42. The minimum Gasteiger partial charge on any atom is -0.367 e. The van der Waals surface area contributed by atoms with Gasteiger partial charge in [0.15, 0.2) is 0 Å². The fourth-order valence-electron chi connectivity index (χ4n) is 3.00. The van der Waals surface area contributed by atoms with Crippen molar-refractivity contribution in [1.82, 2.24) is 14.7 Å². The fourth-order valence-corrected chi connectivity index (χ4v) is 3.17. The van der Waals surface area contributed by atoms with E-state index in [0.29, 0.717) is 10.7 Å². The van der Waals surface area contributed by atoms with Crippen molar-refractivity contribution in [3.05, 3.63) is 51.4 Å². The van der Waals surface area contributed by atoms with E-state index in [-0.39, 0.29) is 17.2 Å². The predicted molar refractivity (Wildman–Crippen MR) is 103 cm³/mol. The number of carbonyl (C=O) groups is 1. The van der Waals surface area contributed by atoms with E-state index < -0.39 is 0 Å². The normalized spacial score (nSPS) is 15.1. The smallest absolute Gasteiger partial charge is 0.276 e. The third-order valence-corrected chi connectivity index (χ3v) is 4.80. The number of aromatic nitrogens is 2. The summed E-state index contributed by atoms with van der Waals surface area (Å²) in [7, 11) is 1.51. The summed E-state index contributed by atoms with van der Waals surface area (Å²) in [4.78, 5) is 28.6. The van der Waals surface area contributed by atoms with Crippen LogP contribution in [0.4, 0.5) is 11.4 Å². The zero-order valence-corrected chi connectivity index (χ0v) is 15.7. The Morgan fingerprint density at radius 3 is 2.58 bits per heavy atom. The lowest BCUT2D eigenvalue weighted by atomic mass is 10.2. The average Bonchev–Trinajstić information content (AvgIpc) is 2.64. The molecule has 1 fully saturated rings. The largest absolute Gasteiger partial charge is 0.367 e. The van der Waals surface area contributed by atoms with Gasteiger partial charge in [-0.3, -0.25) is 9.59 Å². The van der Waals surface area contributed by atoms with Gasteiger partial charge in [-0.2, -0.15) is 5.10 Å². The number of benzene rings is 1. The van der Waals surface area contributed by atoms with Crippen LogP contribution >= 0.6 is 11.6 Å². The van der Waals surface area contributed by atoms with Crippen molar-refractivity contribution >= 4 is 28.9 Å². The highest BCUT2D eigenvalue weighted by atomic mass is 35.5. The van der Waals surface area contributed by atoms with Gasteiger partial charge in [-0.1, -0.05) is 18.5 Å². The highest BCUT2D eigenvalue weighted by Gasteiger charge is 2.20. The molecule has 1 amide bonds. The molecule has 0 radical (unpaired) electrons. The van der Waals surface area contributed by atoms with Gasteiger partial charge in [-0.05, 0) is 30.8 Å². The van der Waals surface area contributed by atoms with Crippen molar-refractivity contribution in [2.24, 2.45) is 7.05 Å². The van der Waals surface area contributed by atoms with Gasteiger partial charge in [0.05, 0.1) is 11.4 Å². The quantitative estimate of drug-likeness (QED) is 0.882. The van der Waals surface area contributed by atoms with Gasteiger partial charge in [0, 0.05) is 44.3 Å². The number of likely N-dealkylation sites (N-methyl/N-ethyl adjacent to an activating group) is 1. The predicted octanol–water partition coefficient (Wildman–Crippen LogP) is 1.83. The van der Waals surface area contributed by atoms with Crippen molar-refractivity contribution in [2.45, 2.75) is 6.92 Å². The van der Waals surface area contributed by atoms with Crippen LogP contribution in [0.2, 0.25) is 5.02 Å². The first-order valence-electron chi connectivity index (χ1n) is 8.60. The third-order valence-electron chi connectivity index (χ3n) is 4.56. The Morgan fingerprint density at radius 1 is 1.19 bits per heavy atom. The van der Waals surface area contributed by atoms with Gasteiger partial charge in [0.1, 0.15) is 5.69 Å². The average molecular weight is 376 g/mol. The Labute approximate surface area is 157 Å². The molecule has 1 saturated heterocycles. The Kier molecular flexibility index (Phi) is 5.58. The maximum absolute atomic E-state index is 12.6. The molecule has 8 heteroatoms. The van der Waals surface area contributed by atoms with Gasteiger partial charge >= 0.3 is 0 Å². The number of piperazine rings is 1. The summed E-state index contributed by atoms with van der Waals surface area (Å²) in [5.74, 6) is -0.378. The zero-order valence-electron chi connectivity index (χ0n) is 14.9.